The van der Waals surface area contributed by atoms with Gasteiger partial charge < -0.3 is 5.11 Å². The largest absolute Gasteiger partial charge is 0.388 e. The van der Waals surface area contributed by atoms with Crippen molar-refractivity contribution in [1.82, 2.24) is 5.48 Å². The standard InChI is InChI=1S/C9H19NO2/c1-6(2)7-5-8(12-10-7)9(3,4)11/h6-8,10-11H,5H2,1-4H3/t7-,8+/m1/s1. The van der Waals surface area contributed by atoms with Gasteiger partial charge in [0.25, 0.3) is 0 Å². The molecule has 0 radical (unpaired) electrons. The van der Waals surface area contributed by atoms with Gasteiger partial charge in [-0.25, -0.2) is 0 Å². The fourth-order valence-corrected chi connectivity index (χ4v) is 1.34. The molecule has 12 heavy (non-hydrogen) atoms. The molecule has 72 valence electrons. The highest BCUT2D eigenvalue weighted by Crippen LogP contribution is 2.24. The van der Waals surface area contributed by atoms with Gasteiger partial charge in [-0.1, -0.05) is 13.8 Å². The van der Waals surface area contributed by atoms with Crippen molar-refractivity contribution in [3.05, 3.63) is 0 Å². The van der Waals surface area contributed by atoms with Gasteiger partial charge in [0.2, 0.25) is 0 Å². The van der Waals surface area contributed by atoms with Crippen LogP contribution in [-0.2, 0) is 4.84 Å². The summed E-state index contributed by atoms with van der Waals surface area (Å²) in [5.74, 6) is 0.553. The minimum atomic E-state index is -0.739. The highest BCUT2D eigenvalue weighted by molar-refractivity contribution is 4.86. The van der Waals surface area contributed by atoms with Crippen molar-refractivity contribution in [2.24, 2.45) is 5.92 Å². The lowest BCUT2D eigenvalue weighted by Crippen LogP contribution is -2.36. The predicted octanol–water partition coefficient (Wildman–Crippen LogP) is 1.08. The molecule has 1 saturated heterocycles. The van der Waals surface area contributed by atoms with Crippen LogP contribution in [0.4, 0.5) is 0 Å². The van der Waals surface area contributed by atoms with Crippen LogP contribution >= 0.6 is 0 Å². The van der Waals surface area contributed by atoms with E-state index in [1.165, 1.54) is 0 Å². The van der Waals surface area contributed by atoms with Crippen LogP contribution in [0.5, 0.6) is 0 Å². The Kier molecular flexibility index (Phi) is 2.76. The third-order valence-corrected chi connectivity index (χ3v) is 2.42. The molecule has 3 heteroatoms. The van der Waals surface area contributed by atoms with E-state index in [0.29, 0.717) is 12.0 Å². The lowest BCUT2D eigenvalue weighted by Gasteiger charge is -2.23. The van der Waals surface area contributed by atoms with E-state index in [1.807, 2.05) is 0 Å². The first-order chi connectivity index (χ1) is 5.41. The van der Waals surface area contributed by atoms with Crippen molar-refractivity contribution in [1.29, 1.82) is 0 Å². The van der Waals surface area contributed by atoms with Crippen molar-refractivity contribution in [3.63, 3.8) is 0 Å². The van der Waals surface area contributed by atoms with Crippen LogP contribution in [0, 0.1) is 5.92 Å². The summed E-state index contributed by atoms with van der Waals surface area (Å²) < 4.78 is 0. The lowest BCUT2D eigenvalue weighted by molar-refractivity contribution is -0.0916. The van der Waals surface area contributed by atoms with E-state index in [4.69, 9.17) is 4.84 Å². The Labute approximate surface area is 74.1 Å². The maximum atomic E-state index is 9.65. The minimum absolute atomic E-state index is 0.0788. The van der Waals surface area contributed by atoms with Crippen molar-refractivity contribution < 1.29 is 9.94 Å². The summed E-state index contributed by atoms with van der Waals surface area (Å²) in [4.78, 5) is 5.29. The summed E-state index contributed by atoms with van der Waals surface area (Å²) in [7, 11) is 0. The molecule has 1 heterocycles. The second kappa shape index (κ2) is 3.32. The Morgan fingerprint density at radius 3 is 2.33 bits per heavy atom. The molecule has 2 atom stereocenters. The first-order valence-electron chi connectivity index (χ1n) is 4.55. The molecular formula is C9H19NO2. The fourth-order valence-electron chi connectivity index (χ4n) is 1.34. The van der Waals surface area contributed by atoms with Crippen LogP contribution in [0.2, 0.25) is 0 Å². The van der Waals surface area contributed by atoms with E-state index in [1.54, 1.807) is 13.8 Å². The maximum Gasteiger partial charge on any atom is 0.109 e. The van der Waals surface area contributed by atoms with Gasteiger partial charge in [0.1, 0.15) is 6.10 Å². The summed E-state index contributed by atoms with van der Waals surface area (Å²) in [6.07, 6.45) is 0.811. The maximum absolute atomic E-state index is 9.65. The lowest BCUT2D eigenvalue weighted by atomic mass is 9.92. The Balaban J connectivity index is 2.46. The molecule has 0 aromatic carbocycles. The van der Waals surface area contributed by atoms with Crippen LogP contribution in [0.25, 0.3) is 0 Å². The molecule has 3 nitrogen and oxygen atoms in total. The van der Waals surface area contributed by atoms with E-state index >= 15 is 0 Å². The molecule has 0 saturated carbocycles. The zero-order valence-corrected chi connectivity index (χ0v) is 8.29. The van der Waals surface area contributed by atoms with Crippen molar-refractivity contribution >= 4 is 0 Å². The Hall–Kier alpha value is -0.120. The van der Waals surface area contributed by atoms with Crippen LogP contribution in [0.3, 0.4) is 0 Å². The summed E-state index contributed by atoms with van der Waals surface area (Å²) in [5, 5.41) is 9.65. The molecule has 0 aromatic rings. The van der Waals surface area contributed by atoms with Gasteiger partial charge in [-0.05, 0) is 26.2 Å². The number of rotatable bonds is 2. The third kappa shape index (κ3) is 2.19. The van der Waals surface area contributed by atoms with Crippen LogP contribution < -0.4 is 5.48 Å². The average molecular weight is 173 g/mol. The van der Waals surface area contributed by atoms with Gasteiger partial charge in [0, 0.05) is 6.04 Å². The highest BCUT2D eigenvalue weighted by Gasteiger charge is 2.36. The quantitative estimate of drug-likeness (QED) is 0.656. The molecule has 2 N–H and O–H groups in total. The molecule has 0 amide bonds. The second-order valence-corrected chi connectivity index (χ2v) is 4.46. The smallest absolute Gasteiger partial charge is 0.109 e. The molecule has 1 aliphatic heterocycles. The Morgan fingerprint density at radius 1 is 1.50 bits per heavy atom. The topological polar surface area (TPSA) is 41.5 Å². The molecule has 0 aliphatic carbocycles. The molecule has 0 aromatic heterocycles. The average Bonchev–Trinajstić information content (AvgIpc) is 2.30. The summed E-state index contributed by atoms with van der Waals surface area (Å²) in [6, 6.07) is 0.376. The summed E-state index contributed by atoms with van der Waals surface area (Å²) >= 11 is 0. The van der Waals surface area contributed by atoms with E-state index in [2.05, 4.69) is 19.3 Å². The summed E-state index contributed by atoms with van der Waals surface area (Å²) in [5.41, 5.74) is 2.21. The van der Waals surface area contributed by atoms with Crippen molar-refractivity contribution in [2.75, 3.05) is 0 Å². The molecule has 0 bridgehead atoms. The number of hydrogen-bond donors (Lipinski definition) is 2. The van der Waals surface area contributed by atoms with Crippen molar-refractivity contribution in [2.45, 2.75) is 51.9 Å². The van der Waals surface area contributed by atoms with Crippen molar-refractivity contribution in [3.8, 4) is 0 Å². The van der Waals surface area contributed by atoms with Crippen LogP contribution in [0.15, 0.2) is 0 Å². The van der Waals surface area contributed by atoms with Gasteiger partial charge in [0.15, 0.2) is 0 Å². The third-order valence-electron chi connectivity index (χ3n) is 2.42. The normalized spacial score (nSPS) is 31.5. The molecular weight excluding hydrogens is 154 g/mol. The Morgan fingerprint density at radius 2 is 2.08 bits per heavy atom. The first kappa shape index (κ1) is 9.96. The van der Waals surface area contributed by atoms with Crippen LogP contribution in [-0.4, -0.2) is 22.9 Å². The zero-order chi connectivity index (χ0) is 9.35. The van der Waals surface area contributed by atoms with E-state index in [9.17, 15) is 5.11 Å². The van der Waals surface area contributed by atoms with E-state index in [0.717, 1.165) is 6.42 Å². The molecule has 1 rings (SSSR count). The molecule has 1 fully saturated rings. The molecule has 0 spiro atoms. The number of nitrogens with one attached hydrogen (secondary N) is 1. The minimum Gasteiger partial charge on any atom is -0.388 e. The van der Waals surface area contributed by atoms with Gasteiger partial charge in [0.05, 0.1) is 5.60 Å². The van der Waals surface area contributed by atoms with Gasteiger partial charge >= 0.3 is 0 Å². The highest BCUT2D eigenvalue weighted by atomic mass is 16.7. The zero-order valence-electron chi connectivity index (χ0n) is 8.29. The second-order valence-electron chi connectivity index (χ2n) is 4.46. The summed E-state index contributed by atoms with van der Waals surface area (Å²) in [6.45, 7) is 7.85. The number of hydrogen-bond acceptors (Lipinski definition) is 3. The van der Waals surface area contributed by atoms with Gasteiger partial charge in [-0.3, -0.25) is 4.84 Å². The fraction of sp³-hybridized carbons (Fsp3) is 1.00. The predicted molar refractivity (Wildman–Crippen MR) is 47.5 cm³/mol. The number of hydroxylamine groups is 1. The van der Waals surface area contributed by atoms with Crippen LogP contribution in [0.1, 0.15) is 34.1 Å². The first-order valence-corrected chi connectivity index (χ1v) is 4.55. The van der Waals surface area contributed by atoms with E-state index in [-0.39, 0.29) is 6.10 Å². The SMILES string of the molecule is CC(C)[C@H]1C[C@@H](C(C)(C)O)ON1. The Bertz CT molecular complexity index is 151. The van der Waals surface area contributed by atoms with Gasteiger partial charge in [-0.15, -0.1) is 0 Å². The number of aliphatic hydroxyl groups is 1. The van der Waals surface area contributed by atoms with Gasteiger partial charge in [-0.2, -0.15) is 5.48 Å². The molecule has 0 unspecified atom stereocenters. The monoisotopic (exact) mass is 173 g/mol. The van der Waals surface area contributed by atoms with E-state index < -0.39 is 5.60 Å². The molecule has 1 aliphatic rings.